The van der Waals surface area contributed by atoms with Gasteiger partial charge in [-0.3, -0.25) is 14.5 Å². The largest absolute Gasteiger partial charge is 0.793 e. The summed E-state index contributed by atoms with van der Waals surface area (Å²) in [5.41, 5.74) is -0.566. The van der Waals surface area contributed by atoms with E-state index >= 15 is 0 Å². The Labute approximate surface area is 244 Å². The van der Waals surface area contributed by atoms with Gasteiger partial charge in [0.25, 0.3) is 11.9 Å². The molecule has 2 aliphatic rings. The maximum Gasteiger partial charge on any atom is 0.793 e. The summed E-state index contributed by atoms with van der Waals surface area (Å²) in [6, 6.07) is 0.113. The van der Waals surface area contributed by atoms with Crippen molar-refractivity contribution in [2.45, 2.75) is 104 Å². The number of nitrogens with one attached hydrogen (secondary N) is 1. The molecule has 0 radical (unpaired) electrons. The fourth-order valence-corrected chi connectivity index (χ4v) is 5.01. The van der Waals surface area contributed by atoms with Crippen molar-refractivity contribution in [2.75, 3.05) is 27.0 Å². The molecule has 1 amide bonds. The average Bonchev–Trinajstić information content (AvgIpc) is 3.66. The van der Waals surface area contributed by atoms with Gasteiger partial charge in [0, 0.05) is 39.0 Å². The summed E-state index contributed by atoms with van der Waals surface area (Å²) in [5, 5.41) is 3.04. The molecule has 1 N–H and O–H groups in total. The molecule has 2 rings (SSSR count). The highest BCUT2D eigenvalue weighted by molar-refractivity contribution is 6.41. The second-order valence-electron chi connectivity index (χ2n) is 11.9. The molecule has 0 bridgehead atoms. The zero-order valence-corrected chi connectivity index (χ0v) is 26.1. The van der Waals surface area contributed by atoms with Crippen molar-refractivity contribution in [1.82, 2.24) is 15.1 Å². The predicted octanol–water partition coefficient (Wildman–Crippen LogP) is 3.57. The Morgan fingerprint density at radius 2 is 1.73 bits per heavy atom. The molecular formula is C28H48BN3O9. The van der Waals surface area contributed by atoms with Gasteiger partial charge >= 0.3 is 13.4 Å². The van der Waals surface area contributed by atoms with E-state index in [1.54, 1.807) is 19.6 Å². The first-order valence-corrected chi connectivity index (χ1v) is 14.1. The van der Waals surface area contributed by atoms with Crippen LogP contribution in [0.2, 0.25) is 0 Å². The Morgan fingerprint density at radius 3 is 2.22 bits per heavy atom. The maximum atomic E-state index is 12.7. The van der Waals surface area contributed by atoms with E-state index in [0.29, 0.717) is 6.54 Å². The molecule has 232 valence electrons. The van der Waals surface area contributed by atoms with Crippen molar-refractivity contribution in [1.29, 1.82) is 0 Å². The van der Waals surface area contributed by atoms with Gasteiger partial charge < -0.3 is 38.4 Å². The van der Waals surface area contributed by atoms with Crippen LogP contribution in [0.25, 0.3) is 0 Å². The summed E-state index contributed by atoms with van der Waals surface area (Å²) in [6.07, 6.45) is 5.35. The standard InChI is InChI=1S/C28H48BN3O9/c1-11-32(24-12-13-24)25(17-36-10)28(9,20(3)37-18-38-29(40-21(4)33)41-22(5)34)31-15-19(2)14-23(16-31)30-26(35)39-27(6,7)8/h11,17,19-20,23-24H,1,12-16,18H2,2-10H3,(H,30,35)/b25-17-/t19-,20?,23-,28+/m0/s1. The van der Waals surface area contributed by atoms with Gasteiger partial charge in [0.05, 0.1) is 24.4 Å². The normalized spacial score (nSPS) is 22.0. The number of carbonyl (C=O) groups is 3. The summed E-state index contributed by atoms with van der Waals surface area (Å²) >= 11 is 0. The lowest BCUT2D eigenvalue weighted by Crippen LogP contribution is -2.64. The van der Waals surface area contributed by atoms with Crippen LogP contribution in [-0.4, -0.2) is 91.5 Å². The lowest BCUT2D eigenvalue weighted by atomic mass is 9.84. The summed E-state index contributed by atoms with van der Waals surface area (Å²) in [4.78, 5) is 39.9. The van der Waals surface area contributed by atoms with Crippen LogP contribution in [0.15, 0.2) is 24.7 Å². The number of ether oxygens (including phenoxy) is 3. The SMILES string of the molecule is C=CN(/C(=C\OC)[C@@](C)(C(C)OCOB(OC(C)=O)OC(C)=O)N1C[C@@H](C)C[C@H](NC(=O)OC(C)(C)C)C1)C1CC1. The van der Waals surface area contributed by atoms with Crippen molar-refractivity contribution >= 4 is 25.4 Å². The lowest BCUT2D eigenvalue weighted by molar-refractivity contribution is -0.146. The Morgan fingerprint density at radius 1 is 1.12 bits per heavy atom. The Kier molecular flexibility index (Phi) is 12.5. The van der Waals surface area contributed by atoms with Gasteiger partial charge in [0.1, 0.15) is 18.7 Å². The summed E-state index contributed by atoms with van der Waals surface area (Å²) < 4.78 is 32.6. The van der Waals surface area contributed by atoms with Crippen molar-refractivity contribution in [3.63, 3.8) is 0 Å². The number of rotatable bonds is 14. The molecule has 1 aliphatic carbocycles. The molecule has 1 unspecified atom stereocenters. The van der Waals surface area contributed by atoms with Crippen LogP contribution in [0, 0.1) is 5.92 Å². The average molecular weight is 582 g/mol. The number of hydrogen-bond donors (Lipinski definition) is 1. The van der Waals surface area contributed by atoms with E-state index in [0.717, 1.165) is 31.5 Å². The number of hydrogen-bond acceptors (Lipinski definition) is 11. The molecule has 1 saturated carbocycles. The highest BCUT2D eigenvalue weighted by Gasteiger charge is 2.49. The zero-order chi connectivity index (χ0) is 31.0. The Balaban J connectivity index is 2.36. The summed E-state index contributed by atoms with van der Waals surface area (Å²) in [6.45, 7) is 18.9. The molecular weight excluding hydrogens is 533 g/mol. The van der Waals surface area contributed by atoms with E-state index in [-0.39, 0.29) is 24.8 Å². The molecule has 1 saturated heterocycles. The fourth-order valence-electron chi connectivity index (χ4n) is 5.01. The first-order chi connectivity index (χ1) is 19.1. The minimum Gasteiger partial charge on any atom is -0.502 e. The van der Waals surface area contributed by atoms with Crippen molar-refractivity contribution in [2.24, 2.45) is 5.92 Å². The number of likely N-dealkylation sites (tertiary alicyclic amines) is 1. The molecule has 1 aliphatic heterocycles. The molecule has 13 heteroatoms. The van der Waals surface area contributed by atoms with E-state index in [1.165, 1.54) is 13.8 Å². The van der Waals surface area contributed by atoms with Gasteiger partial charge in [-0.2, -0.15) is 0 Å². The van der Waals surface area contributed by atoms with E-state index in [4.69, 9.17) is 28.2 Å². The van der Waals surface area contributed by atoms with Crippen LogP contribution in [-0.2, 0) is 37.8 Å². The number of piperidine rings is 1. The fraction of sp³-hybridized carbons (Fsp3) is 0.750. The van der Waals surface area contributed by atoms with Gasteiger partial charge in [-0.05, 0) is 66.0 Å². The Bertz CT molecular complexity index is 937. The molecule has 0 aromatic rings. The number of carbonyl (C=O) groups excluding carboxylic acids is 3. The third-order valence-corrected chi connectivity index (χ3v) is 7.04. The number of methoxy groups -OCH3 is 1. The van der Waals surface area contributed by atoms with E-state index in [9.17, 15) is 14.4 Å². The number of amides is 1. The zero-order valence-electron chi connectivity index (χ0n) is 26.1. The van der Waals surface area contributed by atoms with Crippen LogP contribution in [0.3, 0.4) is 0 Å². The maximum absolute atomic E-state index is 12.7. The molecule has 0 aromatic carbocycles. The molecule has 0 spiro atoms. The van der Waals surface area contributed by atoms with E-state index < -0.39 is 42.6 Å². The van der Waals surface area contributed by atoms with Gasteiger partial charge in [-0.15, -0.1) is 0 Å². The molecule has 4 atom stereocenters. The highest BCUT2D eigenvalue weighted by Crippen LogP contribution is 2.41. The van der Waals surface area contributed by atoms with Crippen LogP contribution in [0.5, 0.6) is 0 Å². The monoisotopic (exact) mass is 581 g/mol. The topological polar surface area (TPSA) is 125 Å². The molecule has 41 heavy (non-hydrogen) atoms. The number of nitrogens with zero attached hydrogens (tertiary/aromatic N) is 2. The second kappa shape index (κ2) is 14.9. The van der Waals surface area contributed by atoms with Gasteiger partial charge in [-0.25, -0.2) is 4.79 Å². The van der Waals surface area contributed by atoms with E-state index in [2.05, 4.69) is 35.5 Å². The summed E-state index contributed by atoms with van der Waals surface area (Å²) in [5.74, 6) is -1.10. The van der Waals surface area contributed by atoms with Gasteiger partial charge in [0.15, 0.2) is 0 Å². The van der Waals surface area contributed by atoms with Crippen LogP contribution in [0.1, 0.15) is 74.7 Å². The minimum atomic E-state index is -1.54. The smallest absolute Gasteiger partial charge is 0.502 e. The highest BCUT2D eigenvalue weighted by atomic mass is 16.8. The first kappa shape index (κ1) is 34.4. The predicted molar refractivity (Wildman–Crippen MR) is 153 cm³/mol. The second-order valence-corrected chi connectivity index (χ2v) is 11.9. The number of alkyl carbamates (subject to hydrolysis) is 1. The van der Waals surface area contributed by atoms with Gasteiger partial charge in [-0.1, -0.05) is 13.5 Å². The van der Waals surface area contributed by atoms with Crippen molar-refractivity contribution < 1.29 is 42.6 Å². The minimum absolute atomic E-state index is 0.171. The van der Waals surface area contributed by atoms with Crippen LogP contribution in [0.4, 0.5) is 4.79 Å². The first-order valence-electron chi connectivity index (χ1n) is 14.1. The molecule has 0 aromatic heterocycles. The third kappa shape index (κ3) is 10.5. The van der Waals surface area contributed by atoms with Gasteiger partial charge in [0.2, 0.25) is 0 Å². The lowest BCUT2D eigenvalue weighted by Gasteiger charge is -2.52. The summed E-state index contributed by atoms with van der Waals surface area (Å²) in [7, 11) is 0.0588. The molecule has 1 heterocycles. The third-order valence-electron chi connectivity index (χ3n) is 7.04. The van der Waals surface area contributed by atoms with Crippen LogP contribution < -0.4 is 5.32 Å². The Hall–Kier alpha value is -2.77. The quantitative estimate of drug-likeness (QED) is 0.184. The molecule has 12 nitrogen and oxygen atoms in total. The van der Waals surface area contributed by atoms with Crippen molar-refractivity contribution in [3.05, 3.63) is 24.7 Å². The van der Waals surface area contributed by atoms with Crippen molar-refractivity contribution in [3.8, 4) is 0 Å². The van der Waals surface area contributed by atoms with Crippen LogP contribution >= 0.6 is 0 Å². The van der Waals surface area contributed by atoms with E-state index in [1.807, 2.05) is 27.7 Å². The molecule has 2 fully saturated rings.